The average Bonchev–Trinajstić information content (AvgIpc) is 2.44. The third kappa shape index (κ3) is 3.06. The Morgan fingerprint density at radius 2 is 1.85 bits per heavy atom. The number of phenolic OH excluding ortho intramolecular Hbond substituents is 2. The number of hydrogen-bond donors (Lipinski definition) is 4. The summed E-state index contributed by atoms with van der Waals surface area (Å²) in [5, 5.41) is 32.3. The van der Waals surface area contributed by atoms with E-state index in [0.29, 0.717) is 0 Å². The lowest BCUT2D eigenvalue weighted by atomic mass is 9.79. The van der Waals surface area contributed by atoms with E-state index in [-0.39, 0.29) is 29.6 Å². The van der Waals surface area contributed by atoms with Gasteiger partial charge < -0.3 is 20.6 Å². The lowest BCUT2D eigenvalue weighted by molar-refractivity contribution is 0.0304. The van der Waals surface area contributed by atoms with E-state index in [1.165, 1.54) is 6.07 Å². The molecule has 4 N–H and O–H groups in total. The van der Waals surface area contributed by atoms with Crippen LogP contribution >= 0.6 is 0 Å². The van der Waals surface area contributed by atoms with Gasteiger partial charge in [0.25, 0.3) is 0 Å². The molecule has 1 aliphatic heterocycles. The minimum Gasteiger partial charge on any atom is -0.504 e. The maximum Gasteiger partial charge on any atom is 0.157 e. The van der Waals surface area contributed by atoms with Crippen molar-refractivity contribution in [3.8, 4) is 11.5 Å². The van der Waals surface area contributed by atoms with Gasteiger partial charge in [-0.15, -0.1) is 0 Å². The van der Waals surface area contributed by atoms with Crippen LogP contribution in [0.5, 0.6) is 11.5 Å². The van der Waals surface area contributed by atoms with Crippen molar-refractivity contribution in [3.63, 3.8) is 0 Å². The van der Waals surface area contributed by atoms with Crippen molar-refractivity contribution < 1.29 is 15.3 Å². The molecule has 0 unspecified atom stereocenters. The molecular formula is C15H24N2O3. The Labute approximate surface area is 119 Å². The van der Waals surface area contributed by atoms with Gasteiger partial charge in [0.2, 0.25) is 0 Å². The van der Waals surface area contributed by atoms with E-state index >= 15 is 0 Å². The van der Waals surface area contributed by atoms with Crippen LogP contribution in [0.15, 0.2) is 18.2 Å². The SMILES string of the molecule is CC(C)(CO)[C@H](c1ccc(O)c(O)c1)N1CCNCC1. The molecule has 1 heterocycles. The van der Waals surface area contributed by atoms with Crippen molar-refractivity contribution in [2.24, 2.45) is 5.41 Å². The summed E-state index contributed by atoms with van der Waals surface area (Å²) in [6, 6.07) is 4.92. The topological polar surface area (TPSA) is 76.0 Å². The number of hydrogen-bond acceptors (Lipinski definition) is 5. The van der Waals surface area contributed by atoms with Gasteiger partial charge in [0.05, 0.1) is 0 Å². The van der Waals surface area contributed by atoms with Gasteiger partial charge in [-0.1, -0.05) is 19.9 Å². The van der Waals surface area contributed by atoms with E-state index in [1.54, 1.807) is 6.07 Å². The van der Waals surface area contributed by atoms with E-state index in [9.17, 15) is 15.3 Å². The summed E-state index contributed by atoms with van der Waals surface area (Å²) in [4.78, 5) is 2.32. The molecule has 0 amide bonds. The second-order valence-electron chi connectivity index (χ2n) is 6.08. The summed E-state index contributed by atoms with van der Waals surface area (Å²) in [7, 11) is 0. The van der Waals surface area contributed by atoms with Crippen LogP contribution in [0.1, 0.15) is 25.5 Å². The monoisotopic (exact) mass is 280 g/mol. The molecule has 1 aliphatic rings. The van der Waals surface area contributed by atoms with Crippen LogP contribution in [0.2, 0.25) is 0 Å². The highest BCUT2D eigenvalue weighted by molar-refractivity contribution is 5.42. The molecule has 0 saturated carbocycles. The molecule has 0 aliphatic carbocycles. The molecule has 0 aromatic heterocycles. The highest BCUT2D eigenvalue weighted by Gasteiger charge is 2.35. The van der Waals surface area contributed by atoms with Gasteiger partial charge in [-0.2, -0.15) is 0 Å². The number of nitrogens with one attached hydrogen (secondary N) is 1. The molecule has 5 nitrogen and oxygen atoms in total. The predicted octanol–water partition coefficient (Wildman–Crippen LogP) is 1.06. The van der Waals surface area contributed by atoms with Crippen molar-refractivity contribution in [1.29, 1.82) is 0 Å². The van der Waals surface area contributed by atoms with Gasteiger partial charge >= 0.3 is 0 Å². The largest absolute Gasteiger partial charge is 0.504 e. The van der Waals surface area contributed by atoms with Gasteiger partial charge in [-0.25, -0.2) is 0 Å². The molecule has 20 heavy (non-hydrogen) atoms. The van der Waals surface area contributed by atoms with E-state index in [4.69, 9.17) is 0 Å². The lowest BCUT2D eigenvalue weighted by Gasteiger charge is -2.43. The van der Waals surface area contributed by atoms with Gasteiger partial charge in [0, 0.05) is 44.2 Å². The van der Waals surface area contributed by atoms with Crippen LogP contribution in [0.3, 0.4) is 0 Å². The van der Waals surface area contributed by atoms with E-state index in [1.807, 2.05) is 19.9 Å². The van der Waals surface area contributed by atoms with Crippen LogP contribution in [0.4, 0.5) is 0 Å². The Bertz CT molecular complexity index is 456. The molecule has 0 spiro atoms. The molecule has 1 fully saturated rings. The fourth-order valence-corrected chi connectivity index (χ4v) is 2.89. The first kappa shape index (κ1) is 15.1. The minimum absolute atomic E-state index is 0.00102. The normalized spacial score (nSPS) is 18.9. The number of aromatic hydroxyl groups is 2. The highest BCUT2D eigenvalue weighted by atomic mass is 16.3. The Hall–Kier alpha value is -1.30. The first-order valence-corrected chi connectivity index (χ1v) is 7.03. The van der Waals surface area contributed by atoms with Crippen LogP contribution < -0.4 is 5.32 Å². The maximum atomic E-state index is 9.74. The summed E-state index contributed by atoms with van der Waals surface area (Å²) < 4.78 is 0. The molecule has 5 heteroatoms. The zero-order valence-corrected chi connectivity index (χ0v) is 12.1. The zero-order chi connectivity index (χ0) is 14.8. The van der Waals surface area contributed by atoms with E-state index < -0.39 is 0 Å². The molecule has 112 valence electrons. The maximum absolute atomic E-state index is 9.74. The molecule has 2 rings (SSSR count). The molecule has 0 bridgehead atoms. The fourth-order valence-electron chi connectivity index (χ4n) is 2.89. The molecule has 0 radical (unpaired) electrons. The van der Waals surface area contributed by atoms with Crippen molar-refractivity contribution in [2.75, 3.05) is 32.8 Å². The highest BCUT2D eigenvalue weighted by Crippen LogP contribution is 2.40. The van der Waals surface area contributed by atoms with Crippen LogP contribution in [-0.2, 0) is 0 Å². The Morgan fingerprint density at radius 3 is 2.40 bits per heavy atom. The van der Waals surface area contributed by atoms with Gasteiger partial charge in [-0.3, -0.25) is 4.90 Å². The predicted molar refractivity (Wildman–Crippen MR) is 77.8 cm³/mol. The van der Waals surface area contributed by atoms with Crippen molar-refractivity contribution in [2.45, 2.75) is 19.9 Å². The van der Waals surface area contributed by atoms with Crippen LogP contribution in [0.25, 0.3) is 0 Å². The number of piperazine rings is 1. The molecule has 1 atom stereocenters. The molecular weight excluding hydrogens is 256 g/mol. The van der Waals surface area contributed by atoms with Crippen LogP contribution in [-0.4, -0.2) is 53.0 Å². The second-order valence-corrected chi connectivity index (χ2v) is 6.08. The smallest absolute Gasteiger partial charge is 0.157 e. The number of phenols is 2. The summed E-state index contributed by atoms with van der Waals surface area (Å²) in [5.74, 6) is -0.231. The molecule has 1 aromatic carbocycles. The number of aliphatic hydroxyl groups is 1. The average molecular weight is 280 g/mol. The number of aliphatic hydroxyl groups excluding tert-OH is 1. The Morgan fingerprint density at radius 1 is 1.20 bits per heavy atom. The quantitative estimate of drug-likeness (QED) is 0.621. The first-order valence-electron chi connectivity index (χ1n) is 7.03. The lowest BCUT2D eigenvalue weighted by Crippen LogP contribution is -2.49. The molecule has 1 saturated heterocycles. The standard InChI is InChI=1S/C15H24N2O3/c1-15(2,10-18)14(17-7-5-16-6-8-17)11-3-4-12(19)13(20)9-11/h3-4,9,14,16,18-20H,5-8,10H2,1-2H3/t14-/m0/s1. The Kier molecular flexibility index (Phi) is 4.52. The van der Waals surface area contributed by atoms with Gasteiger partial charge in [-0.05, 0) is 17.7 Å². The summed E-state index contributed by atoms with van der Waals surface area (Å²) >= 11 is 0. The third-order valence-corrected chi connectivity index (χ3v) is 3.98. The third-order valence-electron chi connectivity index (χ3n) is 3.98. The van der Waals surface area contributed by atoms with Crippen molar-refractivity contribution in [1.82, 2.24) is 10.2 Å². The van der Waals surface area contributed by atoms with Gasteiger partial charge in [0.1, 0.15) is 0 Å². The zero-order valence-electron chi connectivity index (χ0n) is 12.1. The second kappa shape index (κ2) is 5.99. The minimum atomic E-state index is -0.333. The fraction of sp³-hybridized carbons (Fsp3) is 0.600. The van der Waals surface area contributed by atoms with E-state index in [2.05, 4.69) is 10.2 Å². The molecule has 1 aromatic rings. The van der Waals surface area contributed by atoms with Crippen molar-refractivity contribution >= 4 is 0 Å². The summed E-state index contributed by atoms with van der Waals surface area (Å²) in [5.41, 5.74) is 0.585. The van der Waals surface area contributed by atoms with Crippen LogP contribution in [0, 0.1) is 5.41 Å². The van der Waals surface area contributed by atoms with Gasteiger partial charge in [0.15, 0.2) is 11.5 Å². The summed E-state index contributed by atoms with van der Waals surface area (Å²) in [6.45, 7) is 7.73. The summed E-state index contributed by atoms with van der Waals surface area (Å²) in [6.07, 6.45) is 0. The number of rotatable bonds is 4. The van der Waals surface area contributed by atoms with Crippen molar-refractivity contribution in [3.05, 3.63) is 23.8 Å². The number of benzene rings is 1. The Balaban J connectivity index is 2.36. The number of nitrogens with zero attached hydrogens (tertiary/aromatic N) is 1. The van der Waals surface area contributed by atoms with E-state index in [0.717, 1.165) is 31.7 Å². The first-order chi connectivity index (χ1) is 9.45.